The summed E-state index contributed by atoms with van der Waals surface area (Å²) in [5, 5.41) is 9.02. The molecule has 0 aromatic heterocycles. The number of nitrogens with zero attached hydrogens (tertiary/aromatic N) is 2. The lowest BCUT2D eigenvalue weighted by atomic mass is 10.0. The molecule has 1 aliphatic heterocycles. The Bertz CT molecular complexity index is 795. The van der Waals surface area contributed by atoms with Crippen molar-refractivity contribution in [3.63, 3.8) is 0 Å². The topological polar surface area (TPSA) is 79.3 Å². The first-order chi connectivity index (χ1) is 11.1. The van der Waals surface area contributed by atoms with Gasteiger partial charge in [0.2, 0.25) is 0 Å². The number of carbonyl (C=O) groups excluding carboxylic acids is 1. The zero-order valence-electron chi connectivity index (χ0n) is 12.8. The first kappa shape index (κ1) is 14.9. The fourth-order valence-electron chi connectivity index (χ4n) is 2.76. The van der Waals surface area contributed by atoms with Crippen LogP contribution in [0.15, 0.2) is 42.5 Å². The van der Waals surface area contributed by atoms with E-state index in [2.05, 4.69) is 0 Å². The summed E-state index contributed by atoms with van der Waals surface area (Å²) in [6.07, 6.45) is -0.198. The summed E-state index contributed by atoms with van der Waals surface area (Å²) in [5.74, 6) is 0.336. The Morgan fingerprint density at radius 1 is 1.30 bits per heavy atom. The number of ether oxygens (including phenoxy) is 1. The monoisotopic (exact) mass is 307 g/mol. The predicted octanol–water partition coefficient (Wildman–Crippen LogP) is 2.44. The molecule has 2 aromatic rings. The molecule has 1 aliphatic rings. The van der Waals surface area contributed by atoms with Crippen LogP contribution in [0.25, 0.3) is 0 Å². The highest BCUT2D eigenvalue weighted by Gasteiger charge is 2.34. The number of nitrogen functional groups attached to an aromatic ring is 1. The summed E-state index contributed by atoms with van der Waals surface area (Å²) in [5.41, 5.74) is 9.10. The van der Waals surface area contributed by atoms with Crippen molar-refractivity contribution in [1.29, 1.82) is 5.26 Å². The van der Waals surface area contributed by atoms with Crippen LogP contribution in [-0.4, -0.2) is 18.6 Å². The molecule has 0 saturated heterocycles. The standard InChI is InChI=1S/C18H17N3O2/c1-12-3-2-4-13(9-12)10-17-18(22)21(8-7-19)15-6-5-14(20)11-16(15)23-17/h2-6,9,11,17H,8,10,20H2,1H3. The Kier molecular flexibility index (Phi) is 3.90. The van der Waals surface area contributed by atoms with Crippen LogP contribution in [0.1, 0.15) is 11.1 Å². The Labute approximate surface area is 134 Å². The van der Waals surface area contributed by atoms with Crippen LogP contribution in [0, 0.1) is 18.3 Å². The maximum atomic E-state index is 12.7. The molecule has 2 N–H and O–H groups in total. The van der Waals surface area contributed by atoms with Crippen LogP contribution in [0.5, 0.6) is 5.75 Å². The molecule has 5 heteroatoms. The van der Waals surface area contributed by atoms with Crippen LogP contribution in [0.2, 0.25) is 0 Å². The van der Waals surface area contributed by atoms with Gasteiger partial charge in [-0.3, -0.25) is 9.69 Å². The second-order valence-corrected chi connectivity index (χ2v) is 5.61. The number of nitrogens with two attached hydrogens (primary N) is 1. The number of carbonyl (C=O) groups is 1. The van der Waals surface area contributed by atoms with E-state index in [1.54, 1.807) is 18.2 Å². The van der Waals surface area contributed by atoms with E-state index in [1.165, 1.54) is 4.90 Å². The lowest BCUT2D eigenvalue weighted by molar-refractivity contribution is -0.126. The van der Waals surface area contributed by atoms with Crippen molar-refractivity contribution in [2.75, 3.05) is 17.2 Å². The molecule has 0 aliphatic carbocycles. The molecule has 5 nitrogen and oxygen atoms in total. The minimum absolute atomic E-state index is 0.0105. The van der Waals surface area contributed by atoms with Crippen molar-refractivity contribution in [1.82, 2.24) is 0 Å². The second kappa shape index (κ2) is 6.01. The molecule has 0 spiro atoms. The van der Waals surface area contributed by atoms with Gasteiger partial charge in [0.25, 0.3) is 5.91 Å². The van der Waals surface area contributed by atoms with Crippen LogP contribution >= 0.6 is 0 Å². The summed E-state index contributed by atoms with van der Waals surface area (Å²) in [6, 6.07) is 15.1. The molecule has 0 saturated carbocycles. The summed E-state index contributed by atoms with van der Waals surface area (Å²) in [4.78, 5) is 14.1. The smallest absolute Gasteiger partial charge is 0.269 e. The quantitative estimate of drug-likeness (QED) is 0.697. The van der Waals surface area contributed by atoms with Crippen molar-refractivity contribution >= 4 is 17.3 Å². The molecular formula is C18H17N3O2. The van der Waals surface area contributed by atoms with E-state index < -0.39 is 6.10 Å². The number of rotatable bonds is 3. The average molecular weight is 307 g/mol. The van der Waals surface area contributed by atoms with Gasteiger partial charge in [-0.1, -0.05) is 29.8 Å². The van der Waals surface area contributed by atoms with Gasteiger partial charge >= 0.3 is 0 Å². The number of benzene rings is 2. The third kappa shape index (κ3) is 2.97. The zero-order chi connectivity index (χ0) is 16.4. The molecule has 116 valence electrons. The largest absolute Gasteiger partial charge is 0.478 e. The fourth-order valence-corrected chi connectivity index (χ4v) is 2.76. The highest BCUT2D eigenvalue weighted by molar-refractivity contribution is 6.00. The fraction of sp³-hybridized carbons (Fsp3) is 0.222. The third-order valence-corrected chi connectivity index (χ3v) is 3.82. The van der Waals surface area contributed by atoms with E-state index in [0.717, 1.165) is 11.1 Å². The lowest BCUT2D eigenvalue weighted by Gasteiger charge is -2.33. The SMILES string of the molecule is Cc1cccc(CC2Oc3cc(N)ccc3N(CC#N)C2=O)c1. The third-order valence-electron chi connectivity index (χ3n) is 3.82. The van der Waals surface area contributed by atoms with Gasteiger partial charge in [0.05, 0.1) is 11.8 Å². The predicted molar refractivity (Wildman–Crippen MR) is 88.1 cm³/mol. The Morgan fingerprint density at radius 3 is 2.87 bits per heavy atom. The number of fused-ring (bicyclic) bond motifs is 1. The number of hydrogen-bond donors (Lipinski definition) is 1. The van der Waals surface area contributed by atoms with Gasteiger partial charge in [0, 0.05) is 18.2 Å². The van der Waals surface area contributed by atoms with Gasteiger partial charge in [-0.05, 0) is 24.6 Å². The van der Waals surface area contributed by atoms with Gasteiger partial charge in [-0.2, -0.15) is 5.26 Å². The maximum Gasteiger partial charge on any atom is 0.269 e. The molecule has 2 aromatic carbocycles. The molecule has 23 heavy (non-hydrogen) atoms. The minimum atomic E-state index is -0.653. The summed E-state index contributed by atoms with van der Waals surface area (Å²) >= 11 is 0. The van der Waals surface area contributed by atoms with E-state index in [-0.39, 0.29) is 12.5 Å². The number of hydrogen-bond acceptors (Lipinski definition) is 4. The van der Waals surface area contributed by atoms with E-state index in [4.69, 9.17) is 15.7 Å². The first-order valence-electron chi connectivity index (χ1n) is 7.38. The molecular weight excluding hydrogens is 290 g/mol. The van der Waals surface area contributed by atoms with Crippen molar-refractivity contribution < 1.29 is 9.53 Å². The van der Waals surface area contributed by atoms with Gasteiger partial charge in [0.15, 0.2) is 6.10 Å². The molecule has 1 atom stereocenters. The number of aryl methyl sites for hydroxylation is 1. The highest BCUT2D eigenvalue weighted by Crippen LogP contribution is 2.36. The van der Waals surface area contributed by atoms with Crippen LogP contribution in [0.3, 0.4) is 0 Å². The average Bonchev–Trinajstić information content (AvgIpc) is 2.51. The van der Waals surface area contributed by atoms with Crippen LogP contribution in [-0.2, 0) is 11.2 Å². The molecule has 1 amide bonds. The van der Waals surface area contributed by atoms with E-state index in [9.17, 15) is 4.79 Å². The highest BCUT2D eigenvalue weighted by atomic mass is 16.5. The number of nitriles is 1. The second-order valence-electron chi connectivity index (χ2n) is 5.61. The molecule has 0 fully saturated rings. The molecule has 1 heterocycles. The Hall–Kier alpha value is -3.00. The summed E-state index contributed by atoms with van der Waals surface area (Å²) in [6.45, 7) is 1.99. The molecule has 3 rings (SSSR count). The van der Waals surface area contributed by atoms with Gasteiger partial charge in [-0.25, -0.2) is 0 Å². The summed E-state index contributed by atoms with van der Waals surface area (Å²) < 4.78 is 5.86. The van der Waals surface area contributed by atoms with E-state index >= 15 is 0 Å². The van der Waals surface area contributed by atoms with Crippen LogP contribution in [0.4, 0.5) is 11.4 Å². The van der Waals surface area contributed by atoms with Gasteiger partial charge in [-0.15, -0.1) is 0 Å². The van der Waals surface area contributed by atoms with Crippen LogP contribution < -0.4 is 15.4 Å². The molecule has 0 bridgehead atoms. The Balaban J connectivity index is 1.93. The van der Waals surface area contributed by atoms with Crippen molar-refractivity contribution in [2.45, 2.75) is 19.4 Å². The molecule has 1 unspecified atom stereocenters. The summed E-state index contributed by atoms with van der Waals surface area (Å²) in [7, 11) is 0. The minimum Gasteiger partial charge on any atom is -0.478 e. The normalized spacial score (nSPS) is 16.4. The first-order valence-corrected chi connectivity index (χ1v) is 7.38. The van der Waals surface area contributed by atoms with E-state index in [0.29, 0.717) is 23.5 Å². The van der Waals surface area contributed by atoms with Crippen molar-refractivity contribution in [2.24, 2.45) is 0 Å². The van der Waals surface area contributed by atoms with Gasteiger partial charge < -0.3 is 10.5 Å². The van der Waals surface area contributed by atoms with Crippen molar-refractivity contribution in [3.8, 4) is 11.8 Å². The number of amides is 1. The zero-order valence-corrected chi connectivity index (χ0v) is 12.8. The maximum absolute atomic E-state index is 12.7. The lowest BCUT2D eigenvalue weighted by Crippen LogP contribution is -2.47. The van der Waals surface area contributed by atoms with Gasteiger partial charge in [0.1, 0.15) is 12.3 Å². The number of anilines is 2. The Morgan fingerprint density at radius 2 is 2.13 bits per heavy atom. The molecule has 0 radical (unpaired) electrons. The van der Waals surface area contributed by atoms with E-state index in [1.807, 2.05) is 37.3 Å². The van der Waals surface area contributed by atoms with Crippen molar-refractivity contribution in [3.05, 3.63) is 53.6 Å².